The van der Waals surface area contributed by atoms with Crippen LogP contribution in [0.4, 0.5) is 0 Å². The Morgan fingerprint density at radius 2 is 1.66 bits per heavy atom. The Bertz CT molecular complexity index is 1120. The fourth-order valence-corrected chi connectivity index (χ4v) is 4.56. The van der Waals surface area contributed by atoms with Crippen LogP contribution in [0.15, 0.2) is 54.1 Å². The number of aliphatic hydroxyl groups is 1. The summed E-state index contributed by atoms with van der Waals surface area (Å²) in [6.45, 7) is 4.11. The standard InChI is InChI=1S/C26H27ClN2O6/c1-34-26(33)19-5-3-17(4-6-19)22-21(23(30)18-7-9-20(27)10-8-18)24(31)25(32)29(22)12-2-11-28-13-15-35-16-14-28/h3-10,22,30H,2,11-16H2,1H3/t22-/m0/s1. The number of hydrogen-bond donors (Lipinski definition) is 1. The fraction of sp³-hybridized carbons (Fsp3) is 0.346. The van der Waals surface area contributed by atoms with Gasteiger partial charge in [0.25, 0.3) is 11.7 Å². The van der Waals surface area contributed by atoms with Crippen molar-refractivity contribution in [2.75, 3.05) is 46.5 Å². The van der Waals surface area contributed by atoms with Crippen LogP contribution in [0.3, 0.4) is 0 Å². The zero-order valence-corrected chi connectivity index (χ0v) is 20.2. The van der Waals surface area contributed by atoms with Crippen molar-refractivity contribution < 1.29 is 29.0 Å². The van der Waals surface area contributed by atoms with Crippen molar-refractivity contribution in [2.45, 2.75) is 12.5 Å². The minimum Gasteiger partial charge on any atom is -0.507 e. The Labute approximate surface area is 208 Å². The topological polar surface area (TPSA) is 96.4 Å². The largest absolute Gasteiger partial charge is 0.507 e. The highest BCUT2D eigenvalue weighted by molar-refractivity contribution is 6.46. The highest BCUT2D eigenvalue weighted by Crippen LogP contribution is 2.39. The second-order valence-electron chi connectivity index (χ2n) is 8.42. The number of likely N-dealkylation sites (tertiary alicyclic amines) is 1. The summed E-state index contributed by atoms with van der Waals surface area (Å²) in [6, 6.07) is 12.1. The Hall–Kier alpha value is -3.20. The second kappa shape index (κ2) is 11.0. The van der Waals surface area contributed by atoms with Gasteiger partial charge in [-0.2, -0.15) is 0 Å². The van der Waals surface area contributed by atoms with Gasteiger partial charge in [0.15, 0.2) is 0 Å². The van der Waals surface area contributed by atoms with Crippen LogP contribution in [0.2, 0.25) is 5.02 Å². The molecule has 1 N–H and O–H groups in total. The van der Waals surface area contributed by atoms with E-state index in [4.69, 9.17) is 21.1 Å². The minimum atomic E-state index is -0.790. The number of amides is 1. The molecule has 0 spiro atoms. The summed E-state index contributed by atoms with van der Waals surface area (Å²) in [4.78, 5) is 41.9. The molecule has 2 heterocycles. The number of aliphatic hydroxyl groups excluding tert-OH is 1. The first-order valence-corrected chi connectivity index (χ1v) is 11.8. The van der Waals surface area contributed by atoms with Gasteiger partial charge in [-0.25, -0.2) is 4.79 Å². The maximum absolute atomic E-state index is 13.1. The van der Waals surface area contributed by atoms with E-state index in [1.807, 2.05) is 0 Å². The van der Waals surface area contributed by atoms with E-state index in [-0.39, 0.29) is 11.3 Å². The molecule has 0 aromatic heterocycles. The van der Waals surface area contributed by atoms with Crippen LogP contribution in [0.5, 0.6) is 0 Å². The molecule has 35 heavy (non-hydrogen) atoms. The van der Waals surface area contributed by atoms with Crippen molar-refractivity contribution in [1.29, 1.82) is 0 Å². The number of nitrogens with zero attached hydrogens (tertiary/aromatic N) is 2. The third kappa shape index (κ3) is 5.40. The van der Waals surface area contributed by atoms with Crippen LogP contribution in [-0.4, -0.2) is 79.1 Å². The van der Waals surface area contributed by atoms with Crippen molar-refractivity contribution in [3.63, 3.8) is 0 Å². The van der Waals surface area contributed by atoms with Gasteiger partial charge in [0.1, 0.15) is 5.76 Å². The van der Waals surface area contributed by atoms with Crippen molar-refractivity contribution >= 4 is 35.0 Å². The van der Waals surface area contributed by atoms with Gasteiger partial charge in [-0.15, -0.1) is 0 Å². The number of hydrogen-bond acceptors (Lipinski definition) is 7. The van der Waals surface area contributed by atoms with Crippen molar-refractivity contribution in [3.05, 3.63) is 75.8 Å². The molecule has 8 nitrogen and oxygen atoms in total. The third-order valence-corrected chi connectivity index (χ3v) is 6.53. The summed E-state index contributed by atoms with van der Waals surface area (Å²) in [7, 11) is 1.30. The average Bonchev–Trinajstić information content (AvgIpc) is 3.14. The van der Waals surface area contributed by atoms with Gasteiger partial charge >= 0.3 is 5.97 Å². The Kier molecular flexibility index (Phi) is 7.85. The van der Waals surface area contributed by atoms with E-state index in [1.165, 1.54) is 12.0 Å². The Balaban J connectivity index is 1.68. The molecule has 0 unspecified atom stereocenters. The molecular weight excluding hydrogens is 472 g/mol. The van der Waals surface area contributed by atoms with E-state index in [2.05, 4.69) is 4.90 Å². The first kappa shape index (κ1) is 24.9. The number of carbonyl (C=O) groups is 3. The molecule has 0 radical (unpaired) electrons. The molecule has 2 aliphatic heterocycles. The van der Waals surface area contributed by atoms with Gasteiger partial charge in [0.2, 0.25) is 0 Å². The molecule has 0 bridgehead atoms. The number of carbonyl (C=O) groups excluding carboxylic acids is 3. The third-order valence-electron chi connectivity index (χ3n) is 6.28. The molecule has 2 aliphatic rings. The maximum atomic E-state index is 13.1. The SMILES string of the molecule is COC(=O)c1ccc([C@H]2C(=C(O)c3ccc(Cl)cc3)C(=O)C(=O)N2CCCN2CCOCC2)cc1. The Morgan fingerprint density at radius 1 is 1.03 bits per heavy atom. The first-order chi connectivity index (χ1) is 16.9. The van der Waals surface area contributed by atoms with Crippen LogP contribution >= 0.6 is 11.6 Å². The number of ether oxygens (including phenoxy) is 2. The first-order valence-electron chi connectivity index (χ1n) is 11.4. The molecule has 2 saturated heterocycles. The monoisotopic (exact) mass is 498 g/mol. The number of rotatable bonds is 7. The molecule has 1 amide bonds. The van der Waals surface area contributed by atoms with E-state index < -0.39 is 23.7 Å². The average molecular weight is 499 g/mol. The van der Waals surface area contributed by atoms with Crippen LogP contribution < -0.4 is 0 Å². The summed E-state index contributed by atoms with van der Waals surface area (Å²) in [5.41, 5.74) is 1.35. The van der Waals surface area contributed by atoms with E-state index in [0.29, 0.717) is 47.9 Å². The van der Waals surface area contributed by atoms with E-state index in [1.54, 1.807) is 48.5 Å². The minimum absolute atomic E-state index is 0.00881. The molecule has 2 aromatic carbocycles. The maximum Gasteiger partial charge on any atom is 0.337 e. The molecule has 2 aromatic rings. The lowest BCUT2D eigenvalue weighted by atomic mass is 9.94. The molecule has 2 fully saturated rings. The predicted molar refractivity (Wildman–Crippen MR) is 130 cm³/mol. The van der Waals surface area contributed by atoms with Crippen LogP contribution in [0.25, 0.3) is 5.76 Å². The van der Waals surface area contributed by atoms with Crippen LogP contribution in [0, 0.1) is 0 Å². The highest BCUT2D eigenvalue weighted by Gasteiger charge is 2.45. The number of methoxy groups -OCH3 is 1. The van der Waals surface area contributed by atoms with Gasteiger partial charge < -0.3 is 19.5 Å². The zero-order valence-electron chi connectivity index (χ0n) is 19.4. The summed E-state index contributed by atoms with van der Waals surface area (Å²) < 4.78 is 10.1. The number of Topliss-reactive ketones (excluding diaryl/α,β-unsaturated/α-hetero) is 1. The van der Waals surface area contributed by atoms with Crippen molar-refractivity contribution in [2.24, 2.45) is 0 Å². The molecular formula is C26H27ClN2O6. The highest BCUT2D eigenvalue weighted by atomic mass is 35.5. The quantitative estimate of drug-likeness (QED) is 0.271. The van der Waals surface area contributed by atoms with Crippen molar-refractivity contribution in [3.8, 4) is 0 Å². The molecule has 0 saturated carbocycles. The molecule has 0 aliphatic carbocycles. The summed E-state index contributed by atoms with van der Waals surface area (Å²) >= 11 is 5.97. The van der Waals surface area contributed by atoms with E-state index in [9.17, 15) is 19.5 Å². The number of morpholine rings is 1. The van der Waals surface area contributed by atoms with Gasteiger partial charge in [-0.3, -0.25) is 14.5 Å². The van der Waals surface area contributed by atoms with Crippen LogP contribution in [0.1, 0.15) is 33.9 Å². The van der Waals surface area contributed by atoms with Gasteiger partial charge in [-0.1, -0.05) is 23.7 Å². The number of halogens is 1. The number of benzene rings is 2. The number of ketones is 1. The summed E-state index contributed by atoms with van der Waals surface area (Å²) in [6.07, 6.45) is 0.657. The molecule has 184 valence electrons. The smallest absolute Gasteiger partial charge is 0.337 e. The lowest BCUT2D eigenvalue weighted by Gasteiger charge is -2.29. The lowest BCUT2D eigenvalue weighted by Crippen LogP contribution is -2.39. The summed E-state index contributed by atoms with van der Waals surface area (Å²) in [5, 5.41) is 11.6. The van der Waals surface area contributed by atoms with E-state index in [0.717, 1.165) is 19.6 Å². The van der Waals surface area contributed by atoms with E-state index >= 15 is 0 Å². The molecule has 4 rings (SSSR count). The molecule has 1 atom stereocenters. The lowest BCUT2D eigenvalue weighted by molar-refractivity contribution is -0.140. The van der Waals surface area contributed by atoms with Gasteiger partial charge in [0, 0.05) is 36.8 Å². The fourth-order valence-electron chi connectivity index (χ4n) is 4.43. The zero-order chi connectivity index (χ0) is 24.9. The van der Waals surface area contributed by atoms with Crippen molar-refractivity contribution in [1.82, 2.24) is 9.80 Å². The predicted octanol–water partition coefficient (Wildman–Crippen LogP) is 3.27. The van der Waals surface area contributed by atoms with Gasteiger partial charge in [-0.05, 0) is 48.4 Å². The Morgan fingerprint density at radius 3 is 2.29 bits per heavy atom. The second-order valence-corrected chi connectivity index (χ2v) is 8.86. The number of esters is 1. The molecule has 9 heteroatoms. The summed E-state index contributed by atoms with van der Waals surface area (Å²) in [5.74, 6) is -2.16. The van der Waals surface area contributed by atoms with Crippen LogP contribution in [-0.2, 0) is 19.1 Å². The van der Waals surface area contributed by atoms with Gasteiger partial charge in [0.05, 0.1) is 37.5 Å². The normalized spacial score (nSPS) is 20.3.